The van der Waals surface area contributed by atoms with Crippen molar-refractivity contribution in [1.29, 1.82) is 0 Å². The Kier molecular flexibility index (Phi) is 5.79. The first-order valence-corrected chi connectivity index (χ1v) is 9.34. The summed E-state index contributed by atoms with van der Waals surface area (Å²) in [6.45, 7) is 4.11. The molecule has 3 rings (SSSR count). The second-order valence-electron chi connectivity index (χ2n) is 7.04. The summed E-state index contributed by atoms with van der Waals surface area (Å²) in [7, 11) is 0. The molecule has 2 N–H and O–H groups in total. The van der Waals surface area contributed by atoms with E-state index in [2.05, 4.69) is 29.6 Å². The molecule has 2 unspecified atom stereocenters. The third-order valence-corrected chi connectivity index (χ3v) is 5.46. The zero-order valence-corrected chi connectivity index (χ0v) is 15.6. The molecule has 0 heterocycles. The van der Waals surface area contributed by atoms with E-state index in [0.717, 1.165) is 17.5 Å². The molecule has 1 aliphatic rings. The van der Waals surface area contributed by atoms with Gasteiger partial charge in [0.15, 0.2) is 0 Å². The van der Waals surface area contributed by atoms with Crippen molar-refractivity contribution < 1.29 is 19.4 Å². The molecule has 0 saturated heterocycles. The SMILES string of the molecule is CCC(C)C(CNC(=O)OCC1c2ccccc2-c2ccccc21)C(=O)O. The third kappa shape index (κ3) is 3.97. The number of rotatable bonds is 7. The number of carboxylic acids is 1. The zero-order valence-electron chi connectivity index (χ0n) is 15.6. The molecule has 27 heavy (non-hydrogen) atoms. The molecule has 0 saturated carbocycles. The quantitative estimate of drug-likeness (QED) is 0.766. The molecule has 5 heteroatoms. The average Bonchev–Trinajstić information content (AvgIpc) is 3.00. The van der Waals surface area contributed by atoms with Gasteiger partial charge in [0.1, 0.15) is 6.61 Å². The van der Waals surface area contributed by atoms with E-state index < -0.39 is 18.0 Å². The molecule has 1 amide bonds. The van der Waals surface area contributed by atoms with Gasteiger partial charge in [0.25, 0.3) is 0 Å². The predicted molar refractivity (Wildman–Crippen MR) is 104 cm³/mol. The number of fused-ring (bicyclic) bond motifs is 3. The van der Waals surface area contributed by atoms with E-state index >= 15 is 0 Å². The van der Waals surface area contributed by atoms with E-state index in [1.165, 1.54) is 11.1 Å². The van der Waals surface area contributed by atoms with Gasteiger partial charge in [-0.3, -0.25) is 4.79 Å². The fourth-order valence-corrected chi connectivity index (χ4v) is 3.66. The van der Waals surface area contributed by atoms with Crippen LogP contribution in [0.5, 0.6) is 0 Å². The maximum absolute atomic E-state index is 12.1. The summed E-state index contributed by atoms with van der Waals surface area (Å²) in [6, 6.07) is 16.3. The van der Waals surface area contributed by atoms with Crippen molar-refractivity contribution in [3.05, 3.63) is 59.7 Å². The van der Waals surface area contributed by atoms with Crippen LogP contribution >= 0.6 is 0 Å². The number of ether oxygens (including phenoxy) is 1. The molecule has 0 spiro atoms. The number of carbonyl (C=O) groups excluding carboxylic acids is 1. The van der Waals surface area contributed by atoms with Crippen LogP contribution in [0, 0.1) is 11.8 Å². The molecule has 0 radical (unpaired) electrons. The summed E-state index contributed by atoms with van der Waals surface area (Å²) in [5.41, 5.74) is 4.64. The van der Waals surface area contributed by atoms with Gasteiger partial charge in [0.05, 0.1) is 5.92 Å². The van der Waals surface area contributed by atoms with Gasteiger partial charge in [0, 0.05) is 12.5 Å². The summed E-state index contributed by atoms with van der Waals surface area (Å²) < 4.78 is 5.44. The molecule has 1 aliphatic carbocycles. The van der Waals surface area contributed by atoms with E-state index in [1.54, 1.807) is 0 Å². The summed E-state index contributed by atoms with van der Waals surface area (Å²) in [5, 5.41) is 11.9. The van der Waals surface area contributed by atoms with Gasteiger partial charge in [-0.05, 0) is 28.2 Å². The summed E-state index contributed by atoms with van der Waals surface area (Å²) in [4.78, 5) is 23.5. The van der Waals surface area contributed by atoms with Crippen molar-refractivity contribution in [3.8, 4) is 11.1 Å². The monoisotopic (exact) mass is 367 g/mol. The lowest BCUT2D eigenvalue weighted by molar-refractivity contribution is -0.143. The Morgan fingerprint density at radius 1 is 1.07 bits per heavy atom. The lowest BCUT2D eigenvalue weighted by atomic mass is 9.92. The van der Waals surface area contributed by atoms with Crippen LogP contribution in [0.15, 0.2) is 48.5 Å². The lowest BCUT2D eigenvalue weighted by Crippen LogP contribution is -2.36. The molecular weight excluding hydrogens is 342 g/mol. The van der Waals surface area contributed by atoms with E-state index in [9.17, 15) is 14.7 Å². The van der Waals surface area contributed by atoms with Crippen LogP contribution in [0.3, 0.4) is 0 Å². The summed E-state index contributed by atoms with van der Waals surface area (Å²) >= 11 is 0. The standard InChI is InChI=1S/C22H25NO4/c1-3-14(2)19(21(24)25)12-23-22(26)27-13-20-17-10-6-4-8-15(17)16-9-5-7-11-18(16)20/h4-11,14,19-20H,3,12-13H2,1-2H3,(H,23,26)(H,24,25). The fourth-order valence-electron chi connectivity index (χ4n) is 3.66. The first-order chi connectivity index (χ1) is 13.0. The highest BCUT2D eigenvalue weighted by Crippen LogP contribution is 2.44. The van der Waals surface area contributed by atoms with Gasteiger partial charge in [0.2, 0.25) is 0 Å². The fraction of sp³-hybridized carbons (Fsp3) is 0.364. The molecule has 0 aromatic heterocycles. The Balaban J connectivity index is 1.63. The van der Waals surface area contributed by atoms with Crippen LogP contribution in [0.25, 0.3) is 11.1 Å². The second-order valence-corrected chi connectivity index (χ2v) is 7.04. The highest BCUT2D eigenvalue weighted by atomic mass is 16.5. The van der Waals surface area contributed by atoms with Gasteiger partial charge in [-0.15, -0.1) is 0 Å². The van der Waals surface area contributed by atoms with Gasteiger partial charge in [-0.2, -0.15) is 0 Å². The topological polar surface area (TPSA) is 75.6 Å². The van der Waals surface area contributed by atoms with Crippen LogP contribution in [0.4, 0.5) is 4.79 Å². The van der Waals surface area contributed by atoms with E-state index in [-0.39, 0.29) is 25.0 Å². The maximum atomic E-state index is 12.1. The number of alkyl carbamates (subject to hydrolysis) is 1. The Morgan fingerprint density at radius 3 is 2.15 bits per heavy atom. The van der Waals surface area contributed by atoms with E-state index in [4.69, 9.17) is 4.74 Å². The smallest absolute Gasteiger partial charge is 0.407 e. The number of aliphatic carboxylic acids is 1. The van der Waals surface area contributed by atoms with Crippen LogP contribution in [0.1, 0.15) is 37.3 Å². The summed E-state index contributed by atoms with van der Waals surface area (Å²) in [5.74, 6) is -1.54. The molecule has 2 aromatic rings. The Hall–Kier alpha value is -2.82. The minimum Gasteiger partial charge on any atom is -0.481 e. The summed E-state index contributed by atoms with van der Waals surface area (Å²) in [6.07, 6.45) is 0.162. The maximum Gasteiger partial charge on any atom is 0.407 e. The number of carbonyl (C=O) groups is 2. The minimum atomic E-state index is -0.900. The van der Waals surface area contributed by atoms with E-state index in [1.807, 2.05) is 38.1 Å². The van der Waals surface area contributed by atoms with Crippen molar-refractivity contribution in [2.45, 2.75) is 26.2 Å². The van der Waals surface area contributed by atoms with Gasteiger partial charge in [-0.25, -0.2) is 4.79 Å². The molecule has 5 nitrogen and oxygen atoms in total. The Morgan fingerprint density at radius 2 is 1.63 bits per heavy atom. The molecule has 142 valence electrons. The van der Waals surface area contributed by atoms with Crippen molar-refractivity contribution in [1.82, 2.24) is 5.32 Å². The normalized spacial score (nSPS) is 14.7. The highest BCUT2D eigenvalue weighted by Gasteiger charge is 2.29. The van der Waals surface area contributed by atoms with Crippen molar-refractivity contribution in [2.24, 2.45) is 11.8 Å². The Bertz CT molecular complexity index is 787. The highest BCUT2D eigenvalue weighted by molar-refractivity contribution is 5.79. The van der Waals surface area contributed by atoms with E-state index in [0.29, 0.717) is 0 Å². The van der Waals surface area contributed by atoms with Crippen LogP contribution in [-0.2, 0) is 9.53 Å². The number of hydrogen-bond donors (Lipinski definition) is 2. The first kappa shape index (κ1) is 19.0. The zero-order chi connectivity index (χ0) is 19.4. The molecule has 0 aliphatic heterocycles. The molecule has 0 fully saturated rings. The number of hydrogen-bond acceptors (Lipinski definition) is 3. The molecular formula is C22H25NO4. The van der Waals surface area contributed by atoms with Crippen LogP contribution < -0.4 is 5.32 Å². The largest absolute Gasteiger partial charge is 0.481 e. The van der Waals surface area contributed by atoms with Gasteiger partial charge < -0.3 is 15.2 Å². The molecule has 2 aromatic carbocycles. The molecule has 2 atom stereocenters. The van der Waals surface area contributed by atoms with Gasteiger partial charge in [-0.1, -0.05) is 68.8 Å². The van der Waals surface area contributed by atoms with Crippen molar-refractivity contribution in [2.75, 3.05) is 13.2 Å². The third-order valence-electron chi connectivity index (χ3n) is 5.46. The van der Waals surface area contributed by atoms with Crippen LogP contribution in [0.2, 0.25) is 0 Å². The molecule has 0 bridgehead atoms. The van der Waals surface area contributed by atoms with Crippen molar-refractivity contribution >= 4 is 12.1 Å². The lowest BCUT2D eigenvalue weighted by Gasteiger charge is -2.19. The second kappa shape index (κ2) is 8.25. The van der Waals surface area contributed by atoms with Crippen LogP contribution in [-0.4, -0.2) is 30.3 Å². The first-order valence-electron chi connectivity index (χ1n) is 9.34. The number of carboxylic acid groups (broad SMARTS) is 1. The number of nitrogens with one attached hydrogen (secondary N) is 1. The van der Waals surface area contributed by atoms with Crippen molar-refractivity contribution in [3.63, 3.8) is 0 Å². The minimum absolute atomic E-state index is 0.00649. The number of benzene rings is 2. The number of amides is 1. The average molecular weight is 367 g/mol. The Labute approximate surface area is 159 Å². The van der Waals surface area contributed by atoms with Gasteiger partial charge >= 0.3 is 12.1 Å². The predicted octanol–water partition coefficient (Wildman–Crippen LogP) is 4.27.